The van der Waals surface area contributed by atoms with Crippen LogP contribution in [0.25, 0.3) is 17.1 Å². The fraction of sp³-hybridized carbons (Fsp3) is 0.0625. The highest BCUT2D eigenvalue weighted by Crippen LogP contribution is 2.21. The molecule has 0 saturated carbocycles. The van der Waals surface area contributed by atoms with Crippen molar-refractivity contribution in [2.75, 3.05) is 0 Å². The summed E-state index contributed by atoms with van der Waals surface area (Å²) < 4.78 is 1.73. The second-order valence-electron chi connectivity index (χ2n) is 4.50. The van der Waals surface area contributed by atoms with E-state index in [4.69, 9.17) is 0 Å². The van der Waals surface area contributed by atoms with E-state index in [0.29, 0.717) is 17.0 Å². The molecule has 0 fully saturated rings. The normalized spacial score (nSPS) is 10.4. The van der Waals surface area contributed by atoms with Crippen LogP contribution >= 0.6 is 0 Å². The highest BCUT2D eigenvalue weighted by atomic mass is 16.1. The smallest absolute Gasteiger partial charge is 0.153 e. The maximum Gasteiger partial charge on any atom is 0.153 e. The van der Waals surface area contributed by atoms with Gasteiger partial charge in [0.1, 0.15) is 5.69 Å². The minimum Gasteiger partial charge on any atom is -0.298 e. The van der Waals surface area contributed by atoms with Crippen molar-refractivity contribution in [1.29, 1.82) is 0 Å². The van der Waals surface area contributed by atoms with Crippen molar-refractivity contribution in [3.63, 3.8) is 0 Å². The lowest BCUT2D eigenvalue weighted by Gasteiger charge is -2.04. The molecule has 0 atom stereocenters. The molecule has 1 aromatic carbocycles. The first-order valence-corrected chi connectivity index (χ1v) is 6.32. The number of pyridine rings is 1. The Labute approximate surface area is 116 Å². The highest BCUT2D eigenvalue weighted by molar-refractivity contribution is 5.84. The molecule has 0 saturated heterocycles. The number of hydrogen-bond donors (Lipinski definition) is 0. The second-order valence-corrected chi connectivity index (χ2v) is 4.50. The molecule has 98 valence electrons. The molecule has 0 bridgehead atoms. The number of hydrogen-bond acceptors (Lipinski definition) is 3. The van der Waals surface area contributed by atoms with Crippen LogP contribution in [0.1, 0.15) is 15.9 Å². The summed E-state index contributed by atoms with van der Waals surface area (Å²) in [4.78, 5) is 15.5. The van der Waals surface area contributed by atoms with Crippen LogP contribution in [0.2, 0.25) is 0 Å². The third-order valence-corrected chi connectivity index (χ3v) is 3.14. The number of benzene rings is 1. The zero-order chi connectivity index (χ0) is 13.9. The average Bonchev–Trinajstić information content (AvgIpc) is 2.92. The molecule has 3 rings (SSSR count). The Kier molecular flexibility index (Phi) is 3.13. The molecule has 2 heterocycles. The summed E-state index contributed by atoms with van der Waals surface area (Å²) in [6.07, 6.45) is 4.24. The van der Waals surface area contributed by atoms with Crippen molar-refractivity contribution in [1.82, 2.24) is 14.8 Å². The van der Waals surface area contributed by atoms with E-state index in [2.05, 4.69) is 10.1 Å². The van der Waals surface area contributed by atoms with Crippen LogP contribution in [0, 0.1) is 6.92 Å². The Hall–Kier alpha value is -2.75. The molecule has 4 heteroatoms. The van der Waals surface area contributed by atoms with Gasteiger partial charge in [0.15, 0.2) is 6.29 Å². The number of rotatable bonds is 3. The molecule has 0 aliphatic heterocycles. The van der Waals surface area contributed by atoms with Gasteiger partial charge < -0.3 is 0 Å². The SMILES string of the molecule is Cc1ccccc1-n1cc(C=O)c(-c2ccccn2)n1. The fourth-order valence-electron chi connectivity index (χ4n) is 2.12. The van der Waals surface area contributed by atoms with Crippen LogP contribution in [0.4, 0.5) is 0 Å². The van der Waals surface area contributed by atoms with Crippen LogP contribution < -0.4 is 0 Å². The zero-order valence-electron chi connectivity index (χ0n) is 11.0. The number of aryl methyl sites for hydroxylation is 1. The van der Waals surface area contributed by atoms with Gasteiger partial charge in [-0.25, -0.2) is 4.68 Å². The summed E-state index contributed by atoms with van der Waals surface area (Å²) in [5, 5.41) is 4.51. The first-order valence-electron chi connectivity index (χ1n) is 6.32. The first-order chi connectivity index (χ1) is 9.79. The van der Waals surface area contributed by atoms with E-state index >= 15 is 0 Å². The number of para-hydroxylation sites is 1. The van der Waals surface area contributed by atoms with E-state index < -0.39 is 0 Å². The number of carbonyl (C=O) groups is 1. The maximum atomic E-state index is 11.2. The molecule has 0 radical (unpaired) electrons. The second kappa shape index (κ2) is 5.09. The standard InChI is InChI=1S/C16H13N3O/c1-12-6-2-3-8-15(12)19-10-13(11-20)16(18-19)14-7-4-5-9-17-14/h2-11H,1H3. The Bertz CT molecular complexity index is 747. The van der Waals surface area contributed by atoms with E-state index in [1.807, 2.05) is 49.4 Å². The molecular formula is C16H13N3O. The van der Waals surface area contributed by atoms with Gasteiger partial charge in [-0.2, -0.15) is 5.10 Å². The molecule has 0 aliphatic rings. The van der Waals surface area contributed by atoms with Crippen molar-refractivity contribution in [3.8, 4) is 17.1 Å². The summed E-state index contributed by atoms with van der Waals surface area (Å²) in [5.41, 5.74) is 3.88. The van der Waals surface area contributed by atoms with Crippen LogP contribution in [-0.4, -0.2) is 21.1 Å². The summed E-state index contributed by atoms with van der Waals surface area (Å²) in [7, 11) is 0. The Morgan fingerprint density at radius 1 is 1.10 bits per heavy atom. The molecule has 4 nitrogen and oxygen atoms in total. The molecular weight excluding hydrogens is 250 g/mol. The van der Waals surface area contributed by atoms with E-state index in [-0.39, 0.29) is 0 Å². The topological polar surface area (TPSA) is 47.8 Å². The lowest BCUT2D eigenvalue weighted by atomic mass is 10.2. The van der Waals surface area contributed by atoms with Gasteiger partial charge in [0.25, 0.3) is 0 Å². The predicted octanol–water partition coefficient (Wildman–Crippen LogP) is 3.06. The molecule has 20 heavy (non-hydrogen) atoms. The van der Waals surface area contributed by atoms with Gasteiger partial charge in [-0.3, -0.25) is 9.78 Å². The Balaban J connectivity index is 2.15. The van der Waals surface area contributed by atoms with E-state index in [1.54, 1.807) is 17.1 Å². The van der Waals surface area contributed by atoms with Crippen molar-refractivity contribution < 1.29 is 4.79 Å². The van der Waals surface area contributed by atoms with Crippen molar-refractivity contribution in [2.24, 2.45) is 0 Å². The average molecular weight is 263 g/mol. The first kappa shape index (κ1) is 12.3. The quantitative estimate of drug-likeness (QED) is 0.682. The lowest BCUT2D eigenvalue weighted by molar-refractivity contribution is 0.112. The molecule has 2 aromatic heterocycles. The van der Waals surface area contributed by atoms with Gasteiger partial charge in [-0.1, -0.05) is 24.3 Å². The van der Waals surface area contributed by atoms with Crippen LogP contribution in [0.5, 0.6) is 0 Å². The van der Waals surface area contributed by atoms with Gasteiger partial charge in [-0.15, -0.1) is 0 Å². The highest BCUT2D eigenvalue weighted by Gasteiger charge is 2.13. The van der Waals surface area contributed by atoms with E-state index in [9.17, 15) is 4.79 Å². The van der Waals surface area contributed by atoms with E-state index in [0.717, 1.165) is 17.5 Å². The third-order valence-electron chi connectivity index (χ3n) is 3.14. The van der Waals surface area contributed by atoms with Gasteiger partial charge >= 0.3 is 0 Å². The molecule has 0 aliphatic carbocycles. The van der Waals surface area contributed by atoms with Gasteiger partial charge in [0.2, 0.25) is 0 Å². The fourth-order valence-corrected chi connectivity index (χ4v) is 2.12. The van der Waals surface area contributed by atoms with E-state index in [1.165, 1.54) is 0 Å². The summed E-state index contributed by atoms with van der Waals surface area (Å²) in [6, 6.07) is 13.5. The van der Waals surface area contributed by atoms with Crippen molar-refractivity contribution in [3.05, 3.63) is 66.0 Å². The van der Waals surface area contributed by atoms with Crippen molar-refractivity contribution >= 4 is 6.29 Å². The third kappa shape index (κ3) is 2.12. The van der Waals surface area contributed by atoms with Crippen molar-refractivity contribution in [2.45, 2.75) is 6.92 Å². The summed E-state index contributed by atoms with van der Waals surface area (Å²) in [5.74, 6) is 0. The molecule has 3 aromatic rings. The Morgan fingerprint density at radius 2 is 1.90 bits per heavy atom. The predicted molar refractivity (Wildman–Crippen MR) is 76.9 cm³/mol. The Morgan fingerprint density at radius 3 is 2.60 bits per heavy atom. The lowest BCUT2D eigenvalue weighted by Crippen LogP contribution is -1.97. The minimum atomic E-state index is 0.534. The monoisotopic (exact) mass is 263 g/mol. The van der Waals surface area contributed by atoms with Gasteiger partial charge in [0.05, 0.1) is 16.9 Å². The number of aldehydes is 1. The molecule has 0 unspecified atom stereocenters. The maximum absolute atomic E-state index is 11.2. The number of aromatic nitrogens is 3. The van der Waals surface area contributed by atoms with Crippen LogP contribution in [-0.2, 0) is 0 Å². The molecule has 0 amide bonds. The molecule has 0 spiro atoms. The largest absolute Gasteiger partial charge is 0.298 e. The number of carbonyl (C=O) groups excluding carboxylic acids is 1. The van der Waals surface area contributed by atoms with Crippen LogP contribution in [0.3, 0.4) is 0 Å². The summed E-state index contributed by atoms with van der Waals surface area (Å²) >= 11 is 0. The minimum absolute atomic E-state index is 0.534. The van der Waals surface area contributed by atoms with Crippen LogP contribution in [0.15, 0.2) is 54.9 Å². The summed E-state index contributed by atoms with van der Waals surface area (Å²) in [6.45, 7) is 2.01. The molecule has 0 N–H and O–H groups in total. The van der Waals surface area contributed by atoms with Gasteiger partial charge in [-0.05, 0) is 30.7 Å². The number of nitrogens with zero attached hydrogens (tertiary/aromatic N) is 3. The zero-order valence-corrected chi connectivity index (χ0v) is 11.0. The van der Waals surface area contributed by atoms with Gasteiger partial charge in [0, 0.05) is 12.4 Å².